The van der Waals surface area contributed by atoms with Crippen LogP contribution in [0.4, 0.5) is 0 Å². The van der Waals surface area contributed by atoms with Gasteiger partial charge in [-0.3, -0.25) is 0 Å². The van der Waals surface area contributed by atoms with E-state index in [9.17, 15) is 4.79 Å². The summed E-state index contributed by atoms with van der Waals surface area (Å²) in [6.07, 6.45) is 2.48. The molecule has 0 saturated carbocycles. The van der Waals surface area contributed by atoms with Crippen LogP contribution in [-0.2, 0) is 14.3 Å². The predicted octanol–water partition coefficient (Wildman–Crippen LogP) is 4.75. The molecule has 1 aliphatic heterocycles. The lowest BCUT2D eigenvalue weighted by molar-refractivity contribution is -0.142. The number of methoxy groups -OCH3 is 1. The number of allylic oxidation sites excluding steroid dienone is 1. The maximum Gasteiger partial charge on any atom is 0.373 e. The van der Waals surface area contributed by atoms with Gasteiger partial charge in [0, 0.05) is 10.4 Å². The summed E-state index contributed by atoms with van der Waals surface area (Å²) in [6.45, 7) is 0. The van der Waals surface area contributed by atoms with Crippen LogP contribution < -0.4 is 0 Å². The first-order chi connectivity index (χ1) is 11.2. The van der Waals surface area contributed by atoms with Gasteiger partial charge in [-0.25, -0.2) is 4.79 Å². The fourth-order valence-electron chi connectivity index (χ4n) is 2.75. The van der Waals surface area contributed by atoms with Gasteiger partial charge in [0.1, 0.15) is 6.10 Å². The third-order valence-electron chi connectivity index (χ3n) is 3.95. The molecule has 2 aromatic rings. The van der Waals surface area contributed by atoms with E-state index in [4.69, 9.17) is 9.47 Å². The number of carbonyl (C=O) groups excluding carboxylic acids is 1. The van der Waals surface area contributed by atoms with E-state index >= 15 is 0 Å². The average molecular weight is 373 g/mol. The lowest BCUT2D eigenvalue weighted by atomic mass is 9.88. The van der Waals surface area contributed by atoms with E-state index in [-0.39, 0.29) is 17.8 Å². The zero-order valence-electron chi connectivity index (χ0n) is 12.7. The van der Waals surface area contributed by atoms with Gasteiger partial charge in [-0.05, 0) is 35.8 Å². The molecule has 3 rings (SSSR count). The molecule has 3 nitrogen and oxygen atoms in total. The number of hydrogen-bond donors (Lipinski definition) is 0. The molecule has 23 heavy (non-hydrogen) atoms. The molecule has 118 valence electrons. The van der Waals surface area contributed by atoms with E-state index in [2.05, 4.69) is 28.1 Å². The van der Waals surface area contributed by atoms with Gasteiger partial charge >= 0.3 is 5.97 Å². The van der Waals surface area contributed by atoms with Crippen LogP contribution in [0.5, 0.6) is 0 Å². The maximum absolute atomic E-state index is 12.0. The molecule has 2 aromatic carbocycles. The van der Waals surface area contributed by atoms with Crippen molar-refractivity contribution in [3.8, 4) is 0 Å². The van der Waals surface area contributed by atoms with Crippen molar-refractivity contribution in [2.75, 3.05) is 7.11 Å². The number of hydrogen-bond acceptors (Lipinski definition) is 3. The highest BCUT2D eigenvalue weighted by Crippen LogP contribution is 2.38. The Morgan fingerprint density at radius 3 is 2.43 bits per heavy atom. The van der Waals surface area contributed by atoms with Crippen LogP contribution in [-0.4, -0.2) is 13.1 Å². The number of carbonyl (C=O) groups is 1. The van der Waals surface area contributed by atoms with Crippen molar-refractivity contribution in [3.05, 3.63) is 82.0 Å². The summed E-state index contributed by atoms with van der Waals surface area (Å²) in [5, 5.41) is 0. The zero-order chi connectivity index (χ0) is 16.2. The van der Waals surface area contributed by atoms with Crippen LogP contribution in [0.25, 0.3) is 0 Å². The standard InChI is InChI=1S/C19H17BrO3/c1-22-19(21)18-12-15(13-7-9-16(20)10-8-13)11-17(23-18)14-5-3-2-4-6-14/h2-10,12,15,17H,11H2,1H3/t15-,17-/m0/s1. The van der Waals surface area contributed by atoms with Crippen molar-refractivity contribution in [1.29, 1.82) is 0 Å². The highest BCUT2D eigenvalue weighted by atomic mass is 79.9. The molecule has 1 aliphatic rings. The molecular formula is C19H17BrO3. The number of rotatable bonds is 3. The van der Waals surface area contributed by atoms with Crippen molar-refractivity contribution in [1.82, 2.24) is 0 Å². The Morgan fingerprint density at radius 1 is 1.09 bits per heavy atom. The molecule has 0 saturated heterocycles. The highest BCUT2D eigenvalue weighted by molar-refractivity contribution is 9.10. The molecule has 0 amide bonds. The fourth-order valence-corrected chi connectivity index (χ4v) is 3.02. The lowest BCUT2D eigenvalue weighted by Gasteiger charge is -2.29. The Balaban J connectivity index is 1.94. The monoisotopic (exact) mass is 372 g/mol. The molecule has 1 heterocycles. The number of halogens is 1. The second-order valence-electron chi connectivity index (χ2n) is 5.43. The highest BCUT2D eigenvalue weighted by Gasteiger charge is 2.29. The maximum atomic E-state index is 12.0. The molecular weight excluding hydrogens is 356 g/mol. The lowest BCUT2D eigenvalue weighted by Crippen LogP contribution is -2.20. The molecule has 0 bridgehead atoms. The van der Waals surface area contributed by atoms with E-state index in [1.807, 2.05) is 48.5 Å². The molecule has 2 atom stereocenters. The van der Waals surface area contributed by atoms with Gasteiger partial charge in [0.15, 0.2) is 0 Å². The minimum Gasteiger partial charge on any atom is -0.479 e. The molecule has 0 aromatic heterocycles. The SMILES string of the molecule is COC(=O)C1=C[C@@H](c2ccc(Br)cc2)C[C@@H](c2ccccc2)O1. The van der Waals surface area contributed by atoms with Crippen LogP contribution >= 0.6 is 15.9 Å². The zero-order valence-corrected chi connectivity index (χ0v) is 14.3. The predicted molar refractivity (Wildman–Crippen MR) is 91.9 cm³/mol. The smallest absolute Gasteiger partial charge is 0.373 e. The van der Waals surface area contributed by atoms with Gasteiger partial charge in [-0.2, -0.15) is 0 Å². The van der Waals surface area contributed by atoms with Crippen LogP contribution in [0, 0.1) is 0 Å². The second-order valence-corrected chi connectivity index (χ2v) is 6.35. The summed E-state index contributed by atoms with van der Waals surface area (Å²) in [4.78, 5) is 12.0. The van der Waals surface area contributed by atoms with E-state index in [1.54, 1.807) is 0 Å². The van der Waals surface area contributed by atoms with Gasteiger partial charge in [-0.1, -0.05) is 58.4 Å². The van der Waals surface area contributed by atoms with Gasteiger partial charge in [0.25, 0.3) is 0 Å². The van der Waals surface area contributed by atoms with Crippen molar-refractivity contribution in [2.45, 2.75) is 18.4 Å². The summed E-state index contributed by atoms with van der Waals surface area (Å²) >= 11 is 3.45. The Kier molecular flexibility index (Phi) is 4.82. The molecule has 0 unspecified atom stereocenters. The molecule has 0 radical (unpaired) electrons. The van der Waals surface area contributed by atoms with E-state index in [0.717, 1.165) is 22.0 Å². The van der Waals surface area contributed by atoms with Gasteiger partial charge in [0.05, 0.1) is 7.11 Å². The first-order valence-electron chi connectivity index (χ1n) is 7.44. The molecule has 4 heteroatoms. The fraction of sp³-hybridized carbons (Fsp3) is 0.211. The second kappa shape index (κ2) is 7.01. The normalized spacial score (nSPS) is 20.3. The quantitative estimate of drug-likeness (QED) is 0.729. The number of esters is 1. The van der Waals surface area contributed by atoms with Crippen molar-refractivity contribution >= 4 is 21.9 Å². The minimum absolute atomic E-state index is 0.108. The average Bonchev–Trinajstić information content (AvgIpc) is 2.62. The molecule has 0 aliphatic carbocycles. The topological polar surface area (TPSA) is 35.5 Å². The number of benzene rings is 2. The van der Waals surface area contributed by atoms with Gasteiger partial charge < -0.3 is 9.47 Å². The number of ether oxygens (including phenoxy) is 2. The van der Waals surface area contributed by atoms with Crippen LogP contribution in [0.3, 0.4) is 0 Å². The van der Waals surface area contributed by atoms with Crippen molar-refractivity contribution in [2.24, 2.45) is 0 Å². The van der Waals surface area contributed by atoms with Crippen LogP contribution in [0.2, 0.25) is 0 Å². The first kappa shape index (κ1) is 15.8. The summed E-state index contributed by atoms with van der Waals surface area (Å²) in [5.74, 6) is -0.0515. The Bertz CT molecular complexity index is 707. The third kappa shape index (κ3) is 3.64. The summed E-state index contributed by atoms with van der Waals surface area (Å²) in [6, 6.07) is 18.1. The molecule has 0 fully saturated rings. The van der Waals surface area contributed by atoms with Crippen LogP contribution in [0.15, 0.2) is 70.9 Å². The van der Waals surface area contributed by atoms with E-state index in [0.29, 0.717) is 0 Å². The van der Waals surface area contributed by atoms with E-state index in [1.165, 1.54) is 7.11 Å². The Hall–Kier alpha value is -2.07. The van der Waals surface area contributed by atoms with Gasteiger partial charge in [0.2, 0.25) is 5.76 Å². The molecule has 0 spiro atoms. The third-order valence-corrected chi connectivity index (χ3v) is 4.47. The Morgan fingerprint density at radius 2 is 1.78 bits per heavy atom. The van der Waals surface area contributed by atoms with Gasteiger partial charge in [-0.15, -0.1) is 0 Å². The van der Waals surface area contributed by atoms with Crippen molar-refractivity contribution < 1.29 is 14.3 Å². The first-order valence-corrected chi connectivity index (χ1v) is 8.24. The van der Waals surface area contributed by atoms with Crippen molar-refractivity contribution in [3.63, 3.8) is 0 Å². The summed E-state index contributed by atoms with van der Waals surface area (Å²) in [7, 11) is 1.37. The molecule has 0 N–H and O–H groups in total. The Labute approximate surface area is 144 Å². The van der Waals surface area contributed by atoms with Crippen LogP contribution in [0.1, 0.15) is 29.6 Å². The largest absolute Gasteiger partial charge is 0.479 e. The summed E-state index contributed by atoms with van der Waals surface area (Å²) in [5.41, 5.74) is 2.21. The van der Waals surface area contributed by atoms with E-state index < -0.39 is 5.97 Å². The minimum atomic E-state index is -0.437. The summed E-state index contributed by atoms with van der Waals surface area (Å²) < 4.78 is 11.7.